The number of rotatable bonds is 11. The fraction of sp³-hybridized carbons (Fsp3) is 1.00. The maximum atomic E-state index is 12.5. The van der Waals surface area contributed by atoms with Crippen LogP contribution in [0.1, 0.15) is 39.5 Å². The molecule has 122 valence electrons. The van der Waals surface area contributed by atoms with Crippen LogP contribution in [0.25, 0.3) is 0 Å². The Hall–Kier alpha value is 0.220. The summed E-state index contributed by atoms with van der Waals surface area (Å²) < 4.78 is 33.7. The van der Waals surface area contributed by atoms with E-state index in [-0.39, 0.29) is 13.2 Å². The van der Waals surface area contributed by atoms with Gasteiger partial charge in [0.05, 0.1) is 19.8 Å². The van der Waals surface area contributed by atoms with Crippen LogP contribution in [-0.2, 0) is 18.2 Å². The van der Waals surface area contributed by atoms with Crippen molar-refractivity contribution in [3.8, 4) is 0 Å². The van der Waals surface area contributed by atoms with E-state index in [2.05, 4.69) is 0 Å². The summed E-state index contributed by atoms with van der Waals surface area (Å²) in [5.74, 6) is 0. The van der Waals surface area contributed by atoms with Crippen molar-refractivity contribution in [1.82, 2.24) is 0 Å². The summed E-state index contributed by atoms with van der Waals surface area (Å²) in [5.41, 5.74) is 0. The molecule has 0 saturated carbocycles. The van der Waals surface area contributed by atoms with E-state index in [0.717, 1.165) is 0 Å². The van der Waals surface area contributed by atoms with Crippen LogP contribution in [0.4, 0.5) is 0 Å². The minimum Gasteiger partial charge on any atom is -0.392 e. The quantitative estimate of drug-likeness (QED) is 0.331. The predicted octanol–water partition coefficient (Wildman–Crippen LogP) is 1.63. The molecule has 0 radical (unpaired) electrons. The first-order valence-electron chi connectivity index (χ1n) is 6.46. The molecular formula is C10H24O8P2. The van der Waals surface area contributed by atoms with Gasteiger partial charge in [0.2, 0.25) is 0 Å². The summed E-state index contributed by atoms with van der Waals surface area (Å²) in [7, 11) is -9.89. The van der Waals surface area contributed by atoms with Gasteiger partial charge in [0.15, 0.2) is 0 Å². The normalized spacial score (nSPS) is 16.1. The first kappa shape index (κ1) is 20.2. The summed E-state index contributed by atoms with van der Waals surface area (Å²) in [5, 5.41) is 15.8. The van der Waals surface area contributed by atoms with Gasteiger partial charge >= 0.3 is 15.2 Å². The van der Waals surface area contributed by atoms with E-state index in [4.69, 9.17) is 23.9 Å². The van der Waals surface area contributed by atoms with E-state index >= 15 is 0 Å². The van der Waals surface area contributed by atoms with Gasteiger partial charge < -0.3 is 29.0 Å². The number of hydrogen-bond acceptors (Lipinski definition) is 6. The fourth-order valence-corrected chi connectivity index (χ4v) is 4.45. The average molecular weight is 334 g/mol. The molecule has 10 heteroatoms. The molecular weight excluding hydrogens is 310 g/mol. The second-order valence-corrected chi connectivity index (χ2v) is 8.78. The molecule has 0 aromatic carbocycles. The standard InChI is InChI=1S/C10H24O8P2/c1-3-5-7-17-20(16,18-8-6-4-2)10(12,9-11)19(13,14)15/h11-12H,3-9H2,1-2H3,(H2,13,14,15). The molecule has 0 saturated heterocycles. The predicted molar refractivity (Wildman–Crippen MR) is 73.4 cm³/mol. The Balaban J connectivity index is 5.25. The van der Waals surface area contributed by atoms with Crippen molar-refractivity contribution >= 4 is 15.2 Å². The van der Waals surface area contributed by atoms with Crippen LogP contribution in [0, 0.1) is 0 Å². The Morgan fingerprint density at radius 2 is 1.40 bits per heavy atom. The molecule has 0 bridgehead atoms. The molecule has 1 atom stereocenters. The van der Waals surface area contributed by atoms with Gasteiger partial charge in [-0.15, -0.1) is 0 Å². The van der Waals surface area contributed by atoms with Gasteiger partial charge in [0, 0.05) is 0 Å². The lowest BCUT2D eigenvalue weighted by Gasteiger charge is -2.33. The zero-order chi connectivity index (χ0) is 15.9. The van der Waals surface area contributed by atoms with Gasteiger partial charge in [0.1, 0.15) is 0 Å². The summed E-state index contributed by atoms with van der Waals surface area (Å²) >= 11 is 0. The zero-order valence-electron chi connectivity index (χ0n) is 11.8. The molecule has 0 amide bonds. The van der Waals surface area contributed by atoms with Gasteiger partial charge in [-0.3, -0.25) is 9.13 Å². The molecule has 20 heavy (non-hydrogen) atoms. The zero-order valence-corrected chi connectivity index (χ0v) is 13.6. The maximum absolute atomic E-state index is 12.5. The fourth-order valence-electron chi connectivity index (χ4n) is 1.24. The highest BCUT2D eigenvalue weighted by Crippen LogP contribution is 2.72. The van der Waals surface area contributed by atoms with Crippen LogP contribution in [0.3, 0.4) is 0 Å². The van der Waals surface area contributed by atoms with Crippen molar-refractivity contribution in [2.45, 2.75) is 44.6 Å². The lowest BCUT2D eigenvalue weighted by atomic mass is 10.4. The first-order valence-corrected chi connectivity index (χ1v) is 9.62. The van der Waals surface area contributed by atoms with E-state index in [1.807, 2.05) is 13.8 Å². The number of aliphatic hydroxyl groups excluding tert-OH is 1. The molecule has 0 aliphatic rings. The molecule has 4 N–H and O–H groups in total. The third-order valence-electron chi connectivity index (χ3n) is 2.64. The van der Waals surface area contributed by atoms with E-state index in [9.17, 15) is 14.2 Å². The van der Waals surface area contributed by atoms with Gasteiger partial charge in [-0.2, -0.15) is 0 Å². The molecule has 8 nitrogen and oxygen atoms in total. The molecule has 0 heterocycles. The summed E-state index contributed by atoms with van der Waals surface area (Å²) in [6.07, 6.45) is 2.35. The van der Waals surface area contributed by atoms with Gasteiger partial charge in [0.25, 0.3) is 5.08 Å². The molecule has 0 aliphatic carbocycles. The first-order chi connectivity index (χ1) is 9.18. The summed E-state index contributed by atoms with van der Waals surface area (Å²) in [4.78, 5) is 18.3. The van der Waals surface area contributed by atoms with Crippen LogP contribution in [0.5, 0.6) is 0 Å². The smallest absolute Gasteiger partial charge is 0.377 e. The Morgan fingerprint density at radius 1 is 1.00 bits per heavy atom. The molecule has 0 rings (SSSR count). The third-order valence-corrected chi connectivity index (χ3v) is 7.29. The van der Waals surface area contributed by atoms with Crippen LogP contribution in [-0.4, -0.2) is 44.9 Å². The lowest BCUT2D eigenvalue weighted by Crippen LogP contribution is -2.35. The topological polar surface area (TPSA) is 134 Å². The third kappa shape index (κ3) is 4.90. The highest BCUT2D eigenvalue weighted by atomic mass is 31.2. The largest absolute Gasteiger partial charge is 0.392 e. The maximum Gasteiger partial charge on any atom is 0.377 e. The molecule has 0 aromatic heterocycles. The molecule has 1 unspecified atom stereocenters. The number of hydrogen-bond donors (Lipinski definition) is 4. The Kier molecular flexibility index (Phi) is 8.71. The molecule has 0 spiro atoms. The van der Waals surface area contributed by atoms with Crippen LogP contribution >= 0.6 is 15.2 Å². The Bertz CT molecular complexity index is 354. The second-order valence-electron chi connectivity index (χ2n) is 4.35. The lowest BCUT2D eigenvalue weighted by molar-refractivity contribution is 0.0535. The van der Waals surface area contributed by atoms with Crippen molar-refractivity contribution in [2.24, 2.45) is 0 Å². The van der Waals surface area contributed by atoms with E-state index in [1.54, 1.807) is 0 Å². The Morgan fingerprint density at radius 3 is 1.65 bits per heavy atom. The monoisotopic (exact) mass is 334 g/mol. The van der Waals surface area contributed by atoms with Crippen LogP contribution in [0.15, 0.2) is 0 Å². The van der Waals surface area contributed by atoms with E-state index < -0.39 is 26.9 Å². The number of unbranched alkanes of at least 4 members (excludes halogenated alkanes) is 2. The molecule has 0 fully saturated rings. The van der Waals surface area contributed by atoms with Gasteiger partial charge in [-0.1, -0.05) is 26.7 Å². The SMILES string of the molecule is CCCCOP(=O)(OCCCC)C(O)(CO)P(=O)(O)O. The van der Waals surface area contributed by atoms with Crippen molar-refractivity contribution in [3.05, 3.63) is 0 Å². The summed E-state index contributed by atoms with van der Waals surface area (Å²) in [6, 6.07) is 0. The van der Waals surface area contributed by atoms with Crippen LogP contribution < -0.4 is 0 Å². The van der Waals surface area contributed by atoms with E-state index in [1.165, 1.54) is 0 Å². The Labute approximate surface area is 118 Å². The van der Waals surface area contributed by atoms with Crippen LogP contribution in [0.2, 0.25) is 0 Å². The van der Waals surface area contributed by atoms with Crippen molar-refractivity contribution < 1.29 is 38.2 Å². The highest BCUT2D eigenvalue weighted by Gasteiger charge is 2.62. The van der Waals surface area contributed by atoms with Crippen molar-refractivity contribution in [2.75, 3.05) is 19.8 Å². The summed E-state index contributed by atoms with van der Waals surface area (Å²) in [6.45, 7) is 2.07. The minimum atomic E-state index is -5.31. The van der Waals surface area contributed by atoms with Gasteiger partial charge in [-0.05, 0) is 12.8 Å². The van der Waals surface area contributed by atoms with Crippen molar-refractivity contribution in [3.63, 3.8) is 0 Å². The second kappa shape index (κ2) is 8.61. The highest BCUT2D eigenvalue weighted by molar-refractivity contribution is 7.73. The van der Waals surface area contributed by atoms with Gasteiger partial charge in [-0.25, -0.2) is 0 Å². The van der Waals surface area contributed by atoms with Crippen molar-refractivity contribution in [1.29, 1.82) is 0 Å². The minimum absolute atomic E-state index is 0.0950. The average Bonchev–Trinajstić information content (AvgIpc) is 2.37. The number of aliphatic hydroxyl groups is 2. The molecule has 0 aromatic rings. The van der Waals surface area contributed by atoms with E-state index in [0.29, 0.717) is 25.7 Å². The molecule has 0 aliphatic heterocycles.